The molecule has 0 aromatic rings. The summed E-state index contributed by atoms with van der Waals surface area (Å²) in [5, 5.41) is 5.20. The van der Waals surface area contributed by atoms with Crippen molar-refractivity contribution in [2.75, 3.05) is 13.6 Å². The molecule has 0 aromatic carbocycles. The third-order valence-electron chi connectivity index (χ3n) is 2.48. The lowest BCUT2D eigenvalue weighted by Gasteiger charge is -2.19. The van der Waals surface area contributed by atoms with Crippen LogP contribution in [-0.2, 0) is 9.53 Å². The van der Waals surface area contributed by atoms with Crippen molar-refractivity contribution in [3.8, 4) is 0 Å². The number of amides is 2. The third kappa shape index (κ3) is 9.65. The van der Waals surface area contributed by atoms with Crippen LogP contribution in [0.25, 0.3) is 0 Å². The minimum absolute atomic E-state index is 0.0178. The summed E-state index contributed by atoms with van der Waals surface area (Å²) in [6.07, 6.45) is 2.52. The van der Waals surface area contributed by atoms with Gasteiger partial charge in [0.1, 0.15) is 11.3 Å². The number of rotatable bonds is 7. The van der Waals surface area contributed by atoms with Gasteiger partial charge in [-0.05, 0) is 46.6 Å². The Morgan fingerprint density at radius 3 is 2.48 bits per heavy atom. The van der Waals surface area contributed by atoms with E-state index in [4.69, 9.17) is 4.74 Å². The van der Waals surface area contributed by atoms with Crippen LogP contribution >= 0.6 is 0 Å². The zero-order chi connectivity index (χ0) is 16.5. The van der Waals surface area contributed by atoms with E-state index >= 15 is 0 Å². The van der Waals surface area contributed by atoms with Crippen LogP contribution in [0.1, 0.15) is 40.5 Å². The molecule has 0 spiro atoms. The number of alkyl carbamates (subject to hydrolysis) is 1. The van der Waals surface area contributed by atoms with Gasteiger partial charge in [0.2, 0.25) is 0 Å². The van der Waals surface area contributed by atoms with E-state index in [0.29, 0.717) is 12.3 Å². The number of hydrogen-bond acceptors (Lipinski definition) is 4. The predicted molar refractivity (Wildman–Crippen MR) is 84.6 cm³/mol. The first-order chi connectivity index (χ1) is 9.69. The molecule has 6 heteroatoms. The Bertz CT molecular complexity index is 397. The topological polar surface area (TPSA) is 79.8 Å². The van der Waals surface area contributed by atoms with Crippen molar-refractivity contribution >= 4 is 17.7 Å². The largest absolute Gasteiger partial charge is 0.444 e. The van der Waals surface area contributed by atoms with E-state index in [1.807, 2.05) is 27.7 Å². The van der Waals surface area contributed by atoms with Crippen molar-refractivity contribution < 1.29 is 14.3 Å². The number of aliphatic imine (C=N–C) groups is 1. The normalized spacial score (nSPS) is 13.3. The Balaban J connectivity index is 4.07. The molecule has 6 nitrogen and oxygen atoms in total. The van der Waals surface area contributed by atoms with Crippen molar-refractivity contribution in [1.29, 1.82) is 0 Å². The van der Waals surface area contributed by atoms with Gasteiger partial charge in [0.15, 0.2) is 0 Å². The number of carbonyl (C=O) groups excluding carboxylic acids is 2. The third-order valence-corrected chi connectivity index (χ3v) is 2.48. The fourth-order valence-corrected chi connectivity index (χ4v) is 1.54. The zero-order valence-corrected chi connectivity index (χ0v) is 13.7. The summed E-state index contributed by atoms with van der Waals surface area (Å²) >= 11 is 0. The molecule has 0 rings (SSSR count). The molecule has 0 aliphatic rings. The summed E-state index contributed by atoms with van der Waals surface area (Å²) in [5.41, 5.74) is -0.168. The quantitative estimate of drug-likeness (QED) is 0.557. The van der Waals surface area contributed by atoms with Crippen molar-refractivity contribution in [2.24, 2.45) is 4.99 Å². The molecule has 0 aliphatic carbocycles. The zero-order valence-electron chi connectivity index (χ0n) is 13.7. The van der Waals surface area contributed by atoms with Gasteiger partial charge in [0.05, 0.1) is 0 Å². The van der Waals surface area contributed by atoms with Crippen molar-refractivity contribution in [3.63, 3.8) is 0 Å². The average molecular weight is 297 g/mol. The lowest BCUT2D eigenvalue weighted by molar-refractivity contribution is -0.114. The van der Waals surface area contributed by atoms with Gasteiger partial charge in [0.25, 0.3) is 5.91 Å². The molecular weight excluding hydrogens is 270 g/mol. The molecule has 0 bridgehead atoms. The van der Waals surface area contributed by atoms with Crippen molar-refractivity contribution in [2.45, 2.75) is 52.2 Å². The van der Waals surface area contributed by atoms with E-state index in [1.54, 1.807) is 7.05 Å². The highest BCUT2D eigenvalue weighted by Crippen LogP contribution is 2.07. The molecule has 2 N–H and O–H groups in total. The number of nitrogens with one attached hydrogen (secondary N) is 2. The van der Waals surface area contributed by atoms with Gasteiger partial charge in [-0.15, -0.1) is 0 Å². The summed E-state index contributed by atoms with van der Waals surface area (Å²) in [5.74, 6) is -0.247. The molecule has 120 valence electrons. The van der Waals surface area contributed by atoms with Crippen molar-refractivity contribution in [3.05, 3.63) is 12.7 Å². The maximum Gasteiger partial charge on any atom is 0.407 e. The van der Waals surface area contributed by atoms with Gasteiger partial charge in [-0.2, -0.15) is 0 Å². The summed E-state index contributed by atoms with van der Waals surface area (Å²) < 4.78 is 5.13. The second-order valence-electron chi connectivity index (χ2n) is 5.72. The highest BCUT2D eigenvalue weighted by molar-refractivity contribution is 6.43. The maximum absolute atomic E-state index is 11.4. The van der Waals surface area contributed by atoms with E-state index in [1.165, 1.54) is 6.08 Å². The smallest absolute Gasteiger partial charge is 0.407 e. The van der Waals surface area contributed by atoms with Crippen LogP contribution in [0.3, 0.4) is 0 Å². The van der Waals surface area contributed by atoms with Gasteiger partial charge < -0.3 is 15.4 Å². The van der Waals surface area contributed by atoms with Crippen LogP contribution < -0.4 is 10.6 Å². The minimum atomic E-state index is -0.492. The molecule has 0 saturated carbocycles. The number of carbonyl (C=O) groups is 2. The molecule has 0 radical (unpaired) electrons. The standard InChI is InChI=1S/C15H27N3O3/c1-7-12(13(19)16-6)18-11(2)9-8-10-17-14(20)21-15(3,4)5/h7,11H,1,8-10H2,2-6H3,(H,16,19)(H,17,20). The molecule has 0 fully saturated rings. The molecule has 0 heterocycles. The second-order valence-corrected chi connectivity index (χ2v) is 5.72. The van der Waals surface area contributed by atoms with Crippen molar-refractivity contribution in [1.82, 2.24) is 10.6 Å². The number of hydrogen-bond donors (Lipinski definition) is 2. The summed E-state index contributed by atoms with van der Waals surface area (Å²) in [6, 6.07) is -0.0178. The lowest BCUT2D eigenvalue weighted by atomic mass is 10.2. The molecule has 1 unspecified atom stereocenters. The van der Waals surface area contributed by atoms with E-state index in [9.17, 15) is 9.59 Å². The Morgan fingerprint density at radius 2 is 2.00 bits per heavy atom. The molecule has 0 saturated heterocycles. The minimum Gasteiger partial charge on any atom is -0.444 e. The first kappa shape index (κ1) is 19.1. The van der Waals surface area contributed by atoms with Crippen LogP contribution in [-0.4, -0.2) is 42.9 Å². The number of ether oxygens (including phenoxy) is 1. The summed E-state index contributed by atoms with van der Waals surface area (Å²) in [7, 11) is 1.55. The highest BCUT2D eigenvalue weighted by atomic mass is 16.6. The van der Waals surface area contributed by atoms with E-state index < -0.39 is 11.7 Å². The monoisotopic (exact) mass is 297 g/mol. The first-order valence-corrected chi connectivity index (χ1v) is 7.08. The fraction of sp³-hybridized carbons (Fsp3) is 0.667. The molecule has 0 aromatic heterocycles. The molecule has 2 amide bonds. The van der Waals surface area contributed by atoms with Gasteiger partial charge in [-0.3, -0.25) is 9.79 Å². The molecule has 0 aliphatic heterocycles. The van der Waals surface area contributed by atoms with Crippen LogP contribution in [0.15, 0.2) is 17.6 Å². The average Bonchev–Trinajstić information content (AvgIpc) is 2.38. The predicted octanol–water partition coefficient (Wildman–Crippen LogP) is 2.05. The molecular formula is C15H27N3O3. The van der Waals surface area contributed by atoms with Crippen LogP contribution in [0.2, 0.25) is 0 Å². The Labute approximate surface area is 127 Å². The van der Waals surface area contributed by atoms with Gasteiger partial charge in [0, 0.05) is 19.6 Å². The lowest BCUT2D eigenvalue weighted by Crippen LogP contribution is -2.33. The fourth-order valence-electron chi connectivity index (χ4n) is 1.54. The van der Waals surface area contributed by atoms with Crippen LogP contribution in [0.4, 0.5) is 4.79 Å². The summed E-state index contributed by atoms with van der Waals surface area (Å²) in [4.78, 5) is 27.2. The summed E-state index contributed by atoms with van der Waals surface area (Å²) in [6.45, 7) is 11.5. The molecule has 21 heavy (non-hydrogen) atoms. The van der Waals surface area contributed by atoms with Crippen LogP contribution in [0.5, 0.6) is 0 Å². The van der Waals surface area contributed by atoms with Gasteiger partial charge in [-0.25, -0.2) is 4.79 Å². The van der Waals surface area contributed by atoms with Gasteiger partial charge >= 0.3 is 6.09 Å². The Morgan fingerprint density at radius 1 is 1.38 bits per heavy atom. The maximum atomic E-state index is 11.4. The first-order valence-electron chi connectivity index (χ1n) is 7.08. The Kier molecular flexibility index (Phi) is 8.35. The SMILES string of the molecule is C=CC(=NC(C)CCCNC(=O)OC(C)(C)C)C(=O)NC. The highest BCUT2D eigenvalue weighted by Gasteiger charge is 2.15. The Hall–Kier alpha value is -1.85. The number of nitrogens with zero attached hydrogens (tertiary/aromatic N) is 1. The van der Waals surface area contributed by atoms with Gasteiger partial charge in [-0.1, -0.05) is 6.58 Å². The second kappa shape index (κ2) is 9.15. The van der Waals surface area contributed by atoms with E-state index in [-0.39, 0.29) is 11.9 Å². The van der Waals surface area contributed by atoms with E-state index in [2.05, 4.69) is 22.2 Å². The van der Waals surface area contributed by atoms with Crippen LogP contribution in [0, 0.1) is 0 Å². The van der Waals surface area contributed by atoms with E-state index in [0.717, 1.165) is 12.8 Å². The molecule has 1 atom stereocenters.